The highest BCUT2D eigenvalue weighted by molar-refractivity contribution is 9.10. The third kappa shape index (κ3) is 5.69. The van der Waals surface area contributed by atoms with Crippen molar-refractivity contribution in [1.29, 1.82) is 0 Å². The highest BCUT2D eigenvalue weighted by Gasteiger charge is 2.18. The average molecular weight is 495 g/mol. The van der Waals surface area contributed by atoms with Gasteiger partial charge in [-0.15, -0.1) is 0 Å². The van der Waals surface area contributed by atoms with Crippen LogP contribution in [0.1, 0.15) is 11.3 Å². The van der Waals surface area contributed by atoms with Crippen LogP contribution in [-0.2, 0) is 4.79 Å². The largest absolute Gasteiger partial charge is 0.324 e. The zero-order valence-corrected chi connectivity index (χ0v) is 19.1. The van der Waals surface area contributed by atoms with Crippen molar-refractivity contribution in [3.63, 3.8) is 0 Å². The normalized spacial score (nSPS) is 11.6. The summed E-state index contributed by atoms with van der Waals surface area (Å²) in [6, 6.07) is 8.91. The van der Waals surface area contributed by atoms with E-state index in [4.69, 9.17) is 0 Å². The van der Waals surface area contributed by atoms with E-state index in [1.807, 2.05) is 32.3 Å². The molecule has 3 rings (SSSR count). The zero-order valence-electron chi connectivity index (χ0n) is 15.9. The van der Waals surface area contributed by atoms with Gasteiger partial charge in [-0.1, -0.05) is 38.6 Å². The second-order valence-electron chi connectivity index (χ2n) is 6.52. The molecule has 0 radical (unpaired) electrons. The molecule has 0 atom stereocenters. The average Bonchev–Trinajstić information content (AvgIpc) is 3.29. The van der Waals surface area contributed by atoms with Gasteiger partial charge in [-0.2, -0.15) is 0 Å². The first-order valence-electron chi connectivity index (χ1n) is 8.78. The molecule has 0 aliphatic rings. The van der Waals surface area contributed by atoms with Crippen LogP contribution in [0, 0.1) is 10.1 Å². The van der Waals surface area contributed by atoms with Gasteiger partial charge < -0.3 is 4.90 Å². The molecular formula is C19H19BrN4O3S2. The second-order valence-corrected chi connectivity index (χ2v) is 9.54. The van der Waals surface area contributed by atoms with Crippen molar-refractivity contribution >= 4 is 70.9 Å². The Kier molecular flexibility index (Phi) is 7.12. The van der Waals surface area contributed by atoms with E-state index >= 15 is 0 Å². The van der Waals surface area contributed by atoms with E-state index in [1.165, 1.54) is 23.5 Å². The molecule has 0 saturated heterocycles. The van der Waals surface area contributed by atoms with Crippen LogP contribution in [-0.4, -0.2) is 47.9 Å². The molecule has 0 bridgehead atoms. The minimum absolute atomic E-state index is 0.0525. The molecule has 10 heteroatoms. The van der Waals surface area contributed by atoms with Crippen LogP contribution in [0.5, 0.6) is 0 Å². The molecule has 7 nitrogen and oxygen atoms in total. The summed E-state index contributed by atoms with van der Waals surface area (Å²) in [5, 5.41) is 11.5. The van der Waals surface area contributed by atoms with Crippen LogP contribution in [0.15, 0.2) is 40.9 Å². The number of nitro groups is 1. The molecule has 0 fully saturated rings. The Morgan fingerprint density at radius 3 is 2.72 bits per heavy atom. The summed E-state index contributed by atoms with van der Waals surface area (Å²) in [6.45, 7) is 1.38. The maximum Gasteiger partial charge on any atom is 0.324 e. The first-order chi connectivity index (χ1) is 13.8. The smallest absolute Gasteiger partial charge is 0.309 e. The minimum atomic E-state index is -0.434. The molecule has 0 aliphatic heterocycles. The Morgan fingerprint density at radius 1 is 1.24 bits per heavy atom. The predicted octanol–water partition coefficient (Wildman–Crippen LogP) is 5.03. The lowest BCUT2D eigenvalue weighted by Gasteiger charge is -2.19. The molecule has 0 spiro atoms. The van der Waals surface area contributed by atoms with E-state index in [-0.39, 0.29) is 10.9 Å². The van der Waals surface area contributed by atoms with Gasteiger partial charge in [0.2, 0.25) is 0 Å². The number of thiazole rings is 1. The first kappa shape index (κ1) is 21.6. The van der Waals surface area contributed by atoms with E-state index in [9.17, 15) is 14.9 Å². The molecule has 3 aromatic rings. The Labute approximate surface area is 184 Å². The number of amides is 1. The highest BCUT2D eigenvalue weighted by atomic mass is 79.9. The lowest BCUT2D eigenvalue weighted by atomic mass is 10.3. The number of nitrogens with zero attached hydrogens (tertiary/aromatic N) is 4. The Balaban J connectivity index is 1.83. The summed E-state index contributed by atoms with van der Waals surface area (Å²) in [4.78, 5) is 32.3. The van der Waals surface area contributed by atoms with Crippen LogP contribution >= 0.6 is 38.6 Å². The minimum Gasteiger partial charge on any atom is -0.309 e. The van der Waals surface area contributed by atoms with E-state index in [1.54, 1.807) is 17.0 Å². The molecule has 29 heavy (non-hydrogen) atoms. The van der Waals surface area contributed by atoms with E-state index in [0.29, 0.717) is 16.6 Å². The fourth-order valence-corrected chi connectivity index (χ4v) is 4.89. The number of fused-ring (bicyclic) bond motifs is 1. The second kappa shape index (κ2) is 9.57. The van der Waals surface area contributed by atoms with Gasteiger partial charge in [0.15, 0.2) is 5.13 Å². The van der Waals surface area contributed by atoms with Crippen LogP contribution in [0.4, 0.5) is 10.1 Å². The highest BCUT2D eigenvalue weighted by Crippen LogP contribution is 2.31. The molecule has 152 valence electrons. The van der Waals surface area contributed by atoms with Crippen LogP contribution < -0.4 is 4.90 Å². The summed E-state index contributed by atoms with van der Waals surface area (Å²) >= 11 is 5.97. The van der Waals surface area contributed by atoms with Gasteiger partial charge in [0, 0.05) is 28.0 Å². The van der Waals surface area contributed by atoms with Gasteiger partial charge in [0.25, 0.3) is 5.91 Å². The lowest BCUT2D eigenvalue weighted by Crippen LogP contribution is -2.32. The third-order valence-electron chi connectivity index (χ3n) is 4.01. The third-order valence-corrected chi connectivity index (χ3v) is 6.54. The van der Waals surface area contributed by atoms with Crippen LogP contribution in [0.3, 0.4) is 0 Å². The molecule has 2 aromatic heterocycles. The van der Waals surface area contributed by atoms with Crippen LogP contribution in [0.2, 0.25) is 0 Å². The van der Waals surface area contributed by atoms with Crippen molar-refractivity contribution in [3.05, 3.63) is 55.9 Å². The summed E-state index contributed by atoms with van der Waals surface area (Å²) in [6.07, 6.45) is 3.87. The SMILES string of the molecule is CN(C)CCCN(C(=O)/C=C/c1ccc([N+](=O)[O-])s1)c1nc2ccc(Br)cc2s1. The number of thiophene rings is 1. The Hall–Kier alpha value is -2.14. The number of aromatic nitrogens is 1. The zero-order chi connectivity index (χ0) is 21.0. The predicted molar refractivity (Wildman–Crippen MR) is 123 cm³/mol. The molecule has 0 saturated carbocycles. The number of hydrogen-bond acceptors (Lipinski definition) is 7. The fraction of sp³-hybridized carbons (Fsp3) is 0.263. The maximum absolute atomic E-state index is 12.9. The van der Waals surface area contributed by atoms with Crippen molar-refractivity contribution in [2.45, 2.75) is 6.42 Å². The number of benzene rings is 1. The number of carbonyl (C=O) groups excluding carboxylic acids is 1. The summed E-state index contributed by atoms with van der Waals surface area (Å²) < 4.78 is 1.96. The molecule has 1 aromatic carbocycles. The first-order valence-corrected chi connectivity index (χ1v) is 11.2. The summed E-state index contributed by atoms with van der Waals surface area (Å²) in [7, 11) is 3.98. The monoisotopic (exact) mass is 494 g/mol. The number of anilines is 1. The molecule has 0 N–H and O–H groups in total. The molecule has 2 heterocycles. The van der Waals surface area contributed by atoms with Crippen molar-refractivity contribution in [2.75, 3.05) is 32.1 Å². The number of rotatable bonds is 8. The summed E-state index contributed by atoms with van der Waals surface area (Å²) in [5.41, 5.74) is 0.844. The number of carbonyl (C=O) groups is 1. The standard InChI is InChI=1S/C19H19BrN4O3S2/c1-22(2)10-3-11-23(19-21-15-7-4-13(20)12-16(15)29-19)17(25)8-5-14-6-9-18(28-14)24(26)27/h4-9,12H,3,10-11H2,1-2H3/b8-5+. The molecule has 0 unspecified atom stereocenters. The van der Waals surface area contributed by atoms with Crippen molar-refractivity contribution in [2.24, 2.45) is 0 Å². The van der Waals surface area contributed by atoms with Gasteiger partial charge in [0.1, 0.15) is 0 Å². The molecule has 0 aliphatic carbocycles. The lowest BCUT2D eigenvalue weighted by molar-refractivity contribution is -0.380. The number of halogens is 1. The Bertz CT molecular complexity index is 1060. The van der Waals surface area contributed by atoms with Gasteiger partial charge in [-0.25, -0.2) is 4.98 Å². The van der Waals surface area contributed by atoms with E-state index in [0.717, 1.165) is 39.0 Å². The molecule has 1 amide bonds. The van der Waals surface area contributed by atoms with Crippen molar-refractivity contribution in [3.8, 4) is 0 Å². The van der Waals surface area contributed by atoms with Gasteiger partial charge in [0.05, 0.1) is 15.1 Å². The quantitative estimate of drug-likeness (QED) is 0.249. The van der Waals surface area contributed by atoms with Gasteiger partial charge >= 0.3 is 5.00 Å². The van der Waals surface area contributed by atoms with E-state index in [2.05, 4.69) is 25.8 Å². The van der Waals surface area contributed by atoms with Crippen molar-refractivity contribution in [1.82, 2.24) is 9.88 Å². The van der Waals surface area contributed by atoms with Crippen molar-refractivity contribution < 1.29 is 9.72 Å². The van der Waals surface area contributed by atoms with Crippen LogP contribution in [0.25, 0.3) is 16.3 Å². The summed E-state index contributed by atoms with van der Waals surface area (Å²) in [5.74, 6) is -0.196. The topological polar surface area (TPSA) is 79.6 Å². The molecular weight excluding hydrogens is 476 g/mol. The maximum atomic E-state index is 12.9. The van der Waals surface area contributed by atoms with Gasteiger partial charge in [-0.3, -0.25) is 19.8 Å². The fourth-order valence-electron chi connectivity index (χ4n) is 2.62. The van der Waals surface area contributed by atoms with E-state index < -0.39 is 4.92 Å². The van der Waals surface area contributed by atoms with Gasteiger partial charge in [-0.05, 0) is 57.4 Å². The Morgan fingerprint density at radius 2 is 2.03 bits per heavy atom. The number of hydrogen-bond donors (Lipinski definition) is 0.